The SMILES string of the molecule is CNC(=O)[C@@H](NC(=O)C[C@H](NC(=O)[C@@H](NC(=O)CC[C@H](NC(=O)c1ccc(NCc2cnc3nc(N)[nH]c(=O)c3n2)cc1)C(=O)O)[C@@H](O)[C@H](O)[C@H](O)CO)C(=O)O)[C@@H](O)[C@H](O)[C@H](O)CO. The number of carboxylic acid groups (broad SMARTS) is 2. The first-order valence-corrected chi connectivity index (χ1v) is 19.1. The minimum absolute atomic E-state index is 0.0247. The third-order valence-electron chi connectivity index (χ3n) is 9.36. The first kappa shape index (κ1) is 52.4. The van der Waals surface area contributed by atoms with E-state index in [-0.39, 0.29) is 29.2 Å². The maximum absolute atomic E-state index is 13.4. The number of anilines is 2. The number of nitrogens with one attached hydrogen (secondary N) is 7. The predicted octanol–water partition coefficient (Wildman–Crippen LogP) is -8.30. The zero-order valence-corrected chi connectivity index (χ0v) is 34.1. The number of aliphatic hydroxyl groups is 8. The molecule has 0 bridgehead atoms. The van der Waals surface area contributed by atoms with Crippen molar-refractivity contribution >= 4 is 64.3 Å². The highest BCUT2D eigenvalue weighted by molar-refractivity contribution is 5.97. The summed E-state index contributed by atoms with van der Waals surface area (Å²) in [5.74, 6) is -9.96. The average Bonchev–Trinajstić information content (AvgIpc) is 3.28. The second-order valence-electron chi connectivity index (χ2n) is 14.1. The van der Waals surface area contributed by atoms with Gasteiger partial charge in [-0.25, -0.2) is 19.6 Å². The van der Waals surface area contributed by atoms with Gasteiger partial charge in [-0.15, -0.1) is 0 Å². The third-order valence-corrected chi connectivity index (χ3v) is 9.36. The van der Waals surface area contributed by atoms with Crippen LogP contribution in [0.2, 0.25) is 0 Å². The van der Waals surface area contributed by atoms with Crippen molar-refractivity contribution in [3.8, 4) is 0 Å². The summed E-state index contributed by atoms with van der Waals surface area (Å²) in [7, 11) is 1.05. The standard InChI is InChI=1S/C36H49N11O18/c1-38-31(59)22(27(56)25(54)18(50)11-48)45-21(53)8-17(35(64)65)43-32(60)23(28(57)26(55)19(51)12-49)44-20(52)7-6-16(34(62)63)42-30(58)13-2-4-14(5-3-13)39-9-15-10-40-29-24(41-15)33(61)47-36(37)46-29/h2-5,10,16-19,22-23,25-28,39,48-51,54-57H,6-9,11-12H2,1H3,(H,38,59)(H,42,58)(H,43,60)(H,44,52)(H,45,53)(H,62,63)(H,64,65)(H3,37,40,46,47,61)/t16-,17-,18+,19+,22-,23-,25+,26+,27+,28+/m0/s1. The number of likely N-dealkylation sites (N-methyl/N-ethyl adjacent to an activating group) is 1. The quantitative estimate of drug-likeness (QED) is 0.0375. The van der Waals surface area contributed by atoms with Crippen LogP contribution >= 0.6 is 0 Å². The molecule has 0 aliphatic heterocycles. The fourth-order valence-electron chi connectivity index (χ4n) is 5.72. The first-order valence-electron chi connectivity index (χ1n) is 19.1. The Kier molecular flexibility index (Phi) is 19.5. The summed E-state index contributed by atoms with van der Waals surface area (Å²) >= 11 is 0. The molecule has 29 nitrogen and oxygen atoms in total. The van der Waals surface area contributed by atoms with Gasteiger partial charge in [-0.1, -0.05) is 0 Å². The van der Waals surface area contributed by atoms with Gasteiger partial charge in [0.25, 0.3) is 11.5 Å². The number of nitrogens with zero attached hydrogens (tertiary/aromatic N) is 3. The Morgan fingerprint density at radius 2 is 1.28 bits per heavy atom. The molecule has 356 valence electrons. The molecule has 0 fully saturated rings. The zero-order chi connectivity index (χ0) is 48.7. The van der Waals surface area contributed by atoms with Crippen molar-refractivity contribution in [2.24, 2.45) is 0 Å². The molecule has 10 atom stereocenters. The number of hydrogen-bond acceptors (Lipinski definition) is 21. The minimum atomic E-state index is -2.51. The predicted molar refractivity (Wildman–Crippen MR) is 217 cm³/mol. The van der Waals surface area contributed by atoms with Gasteiger partial charge in [0.1, 0.15) is 60.8 Å². The van der Waals surface area contributed by atoms with Gasteiger partial charge in [0, 0.05) is 24.7 Å². The number of aromatic nitrogens is 4. The van der Waals surface area contributed by atoms with E-state index in [1.165, 1.54) is 30.5 Å². The molecule has 0 unspecified atom stereocenters. The van der Waals surface area contributed by atoms with Crippen LogP contribution in [0.3, 0.4) is 0 Å². The normalized spacial score (nSPS) is 15.9. The van der Waals surface area contributed by atoms with Gasteiger partial charge in [-0.2, -0.15) is 4.98 Å². The molecule has 0 saturated carbocycles. The number of rotatable bonds is 25. The molecule has 29 heteroatoms. The number of aliphatic carboxylic acids is 2. The van der Waals surface area contributed by atoms with Crippen molar-refractivity contribution in [3.05, 3.63) is 52.1 Å². The van der Waals surface area contributed by atoms with E-state index in [1.807, 2.05) is 16.0 Å². The molecule has 2 aromatic heterocycles. The smallest absolute Gasteiger partial charge is 0.326 e. The molecule has 3 aromatic rings. The molecule has 0 radical (unpaired) electrons. The van der Waals surface area contributed by atoms with Crippen LogP contribution in [0, 0.1) is 0 Å². The number of carbonyl (C=O) groups is 7. The number of carbonyl (C=O) groups excluding carboxylic acids is 5. The monoisotopic (exact) mass is 923 g/mol. The average molecular weight is 924 g/mol. The van der Waals surface area contributed by atoms with Crippen molar-refractivity contribution in [3.63, 3.8) is 0 Å². The molecule has 0 aliphatic carbocycles. The van der Waals surface area contributed by atoms with Crippen LogP contribution in [0.15, 0.2) is 35.3 Å². The van der Waals surface area contributed by atoms with Gasteiger partial charge in [-0.05, 0) is 30.7 Å². The van der Waals surface area contributed by atoms with E-state index in [0.29, 0.717) is 11.4 Å². The number of nitrogens with two attached hydrogens (primary N) is 1. The van der Waals surface area contributed by atoms with Gasteiger partial charge in [0.15, 0.2) is 11.2 Å². The summed E-state index contributed by atoms with van der Waals surface area (Å²) in [6.45, 7) is -2.18. The Morgan fingerprint density at radius 1 is 0.723 bits per heavy atom. The summed E-state index contributed by atoms with van der Waals surface area (Å²) < 4.78 is 0. The Balaban J connectivity index is 1.68. The lowest BCUT2D eigenvalue weighted by Gasteiger charge is -2.30. The van der Waals surface area contributed by atoms with Gasteiger partial charge < -0.3 is 88.7 Å². The number of hydrogen-bond donors (Lipinski definition) is 18. The van der Waals surface area contributed by atoms with E-state index in [9.17, 15) is 84.3 Å². The summed E-state index contributed by atoms with van der Waals surface area (Å²) in [6, 6.07) is -2.85. The van der Waals surface area contributed by atoms with Crippen LogP contribution in [-0.2, 0) is 35.3 Å². The van der Waals surface area contributed by atoms with Crippen LogP contribution in [0.25, 0.3) is 11.2 Å². The summed E-state index contributed by atoms with van der Waals surface area (Å²) in [5.41, 5.74) is 5.71. The molecular formula is C36H49N11O18. The van der Waals surface area contributed by atoms with Crippen molar-refractivity contribution in [2.75, 3.05) is 31.3 Å². The largest absolute Gasteiger partial charge is 0.480 e. The van der Waals surface area contributed by atoms with Crippen molar-refractivity contribution in [1.82, 2.24) is 46.5 Å². The fraction of sp³-hybridized carbons (Fsp3) is 0.472. The summed E-state index contributed by atoms with van der Waals surface area (Å²) in [4.78, 5) is 115. The fourth-order valence-corrected chi connectivity index (χ4v) is 5.72. The highest BCUT2D eigenvalue weighted by Gasteiger charge is 2.40. The van der Waals surface area contributed by atoms with Crippen LogP contribution in [0.4, 0.5) is 11.6 Å². The van der Waals surface area contributed by atoms with Crippen LogP contribution in [-0.4, -0.2) is 194 Å². The van der Waals surface area contributed by atoms with Gasteiger partial charge in [0.2, 0.25) is 29.6 Å². The molecule has 65 heavy (non-hydrogen) atoms. The van der Waals surface area contributed by atoms with Crippen LogP contribution < -0.4 is 43.2 Å². The number of amides is 5. The van der Waals surface area contributed by atoms with Crippen LogP contribution in [0.5, 0.6) is 0 Å². The Bertz CT molecular complexity index is 2230. The Labute approximate surface area is 365 Å². The molecule has 2 heterocycles. The third kappa shape index (κ3) is 14.8. The molecule has 19 N–H and O–H groups in total. The molecule has 1 aromatic carbocycles. The van der Waals surface area contributed by atoms with Crippen molar-refractivity contribution in [2.45, 2.75) is 86.6 Å². The zero-order valence-electron chi connectivity index (χ0n) is 34.1. The maximum atomic E-state index is 13.4. The van der Waals surface area contributed by atoms with E-state index in [4.69, 9.17) is 10.8 Å². The first-order chi connectivity index (χ1) is 30.6. The highest BCUT2D eigenvalue weighted by Crippen LogP contribution is 2.14. The second-order valence-corrected chi connectivity index (χ2v) is 14.1. The molecular weight excluding hydrogens is 874 g/mol. The van der Waals surface area contributed by atoms with Crippen molar-refractivity contribution < 1.29 is 84.6 Å². The van der Waals surface area contributed by atoms with E-state index >= 15 is 0 Å². The molecule has 0 aliphatic rings. The van der Waals surface area contributed by atoms with Crippen molar-refractivity contribution in [1.29, 1.82) is 0 Å². The molecule has 0 spiro atoms. The summed E-state index contributed by atoms with van der Waals surface area (Å²) in [6.07, 6.45) is -14.8. The minimum Gasteiger partial charge on any atom is -0.480 e. The Hall–Kier alpha value is -6.99. The number of benzene rings is 1. The number of H-pyrrole nitrogens is 1. The number of fused-ring (bicyclic) bond motifs is 1. The summed E-state index contributed by atoms with van der Waals surface area (Å²) in [5, 5.41) is 112. The second kappa shape index (κ2) is 24.2. The van der Waals surface area contributed by atoms with E-state index < -0.39 is 140 Å². The lowest BCUT2D eigenvalue weighted by Crippen LogP contribution is -2.61. The van der Waals surface area contributed by atoms with E-state index in [2.05, 4.69) is 30.6 Å². The maximum Gasteiger partial charge on any atom is 0.326 e. The highest BCUT2D eigenvalue weighted by atomic mass is 16.4. The lowest BCUT2D eigenvalue weighted by molar-refractivity contribution is -0.147. The Morgan fingerprint density at radius 3 is 1.82 bits per heavy atom. The molecule has 0 saturated heterocycles. The van der Waals surface area contributed by atoms with Gasteiger partial charge >= 0.3 is 11.9 Å². The number of nitrogen functional groups attached to an aromatic ring is 1. The van der Waals surface area contributed by atoms with Gasteiger partial charge in [-0.3, -0.25) is 33.8 Å². The van der Waals surface area contributed by atoms with Gasteiger partial charge in [0.05, 0.1) is 38.1 Å². The molecule has 5 amide bonds. The number of aromatic amines is 1. The van der Waals surface area contributed by atoms with E-state index in [0.717, 1.165) is 7.05 Å². The van der Waals surface area contributed by atoms with Crippen LogP contribution in [0.1, 0.15) is 35.3 Å². The number of carboxylic acids is 2. The molecule has 3 rings (SSSR count). The lowest BCUT2D eigenvalue weighted by atomic mass is 9.99. The number of aliphatic hydroxyl groups excluding tert-OH is 8. The topological polar surface area (TPSA) is 492 Å². The van der Waals surface area contributed by atoms with E-state index in [1.54, 1.807) is 5.32 Å².